The smallest absolute Gasteiger partial charge is 0 e. The first-order valence-electron chi connectivity index (χ1n) is 14.7. The standard InChI is InChI=1S/C22H22GeNO.C13H24O2.Ir/c1-14-10-15(2)12-16(11-14)21-22-19(8-9-24-21)18-7-6-17(23(3,4)5)13-20(18)25-22;1-5-10(6-2)12(14)9-13(15)11(7-3)8-4;/h6-11,13H,1-5H3;9-11,14H,5-8H2,1-4H3;/q-1;;/b;12-9-;. The Hall–Kier alpha value is -2.21. The van der Waals surface area contributed by atoms with Crippen LogP contribution in [0.25, 0.3) is 33.2 Å². The van der Waals surface area contributed by atoms with Gasteiger partial charge in [-0.3, -0.25) is 4.79 Å². The first-order valence-corrected chi connectivity index (χ1v) is 22.0. The van der Waals surface area contributed by atoms with Crippen molar-refractivity contribution in [2.45, 2.75) is 84.5 Å². The number of carbonyl (C=O) groups excluding carboxylic acids is 1. The van der Waals surface area contributed by atoms with Gasteiger partial charge in [-0.25, -0.2) is 0 Å². The molecule has 41 heavy (non-hydrogen) atoms. The van der Waals surface area contributed by atoms with Crippen molar-refractivity contribution in [3.63, 3.8) is 0 Å². The van der Waals surface area contributed by atoms with Gasteiger partial charge < -0.3 is 5.11 Å². The molecule has 0 spiro atoms. The Kier molecular flexibility index (Phi) is 13.1. The molecule has 4 aromatic rings. The fourth-order valence-corrected chi connectivity index (χ4v) is 7.57. The number of aryl methyl sites for hydroxylation is 2. The molecule has 2 aromatic heterocycles. The molecule has 6 heteroatoms. The van der Waals surface area contributed by atoms with Gasteiger partial charge in [-0.15, -0.1) is 0 Å². The van der Waals surface area contributed by atoms with Crippen LogP contribution >= 0.6 is 0 Å². The van der Waals surface area contributed by atoms with Gasteiger partial charge >= 0.3 is 151 Å². The van der Waals surface area contributed by atoms with Gasteiger partial charge in [0.2, 0.25) is 0 Å². The second-order valence-electron chi connectivity index (χ2n) is 11.9. The summed E-state index contributed by atoms with van der Waals surface area (Å²) in [5.74, 6) is 7.76. The minimum atomic E-state index is -1.89. The minimum absolute atomic E-state index is 0. The van der Waals surface area contributed by atoms with Crippen LogP contribution in [0.3, 0.4) is 0 Å². The number of ketones is 1. The summed E-state index contributed by atoms with van der Waals surface area (Å²) in [6, 6.07) is 16.5. The zero-order chi connectivity index (χ0) is 29.6. The molecule has 1 N–H and O–H groups in total. The van der Waals surface area contributed by atoms with Crippen LogP contribution in [0.2, 0.25) is 17.3 Å². The average Bonchev–Trinajstić information content (AvgIpc) is 3.27. The zero-order valence-corrected chi connectivity index (χ0v) is 30.6. The van der Waals surface area contributed by atoms with Crippen LogP contribution < -0.4 is 4.40 Å². The van der Waals surface area contributed by atoms with E-state index in [0.29, 0.717) is 0 Å². The molecule has 0 saturated heterocycles. The predicted molar refractivity (Wildman–Crippen MR) is 172 cm³/mol. The van der Waals surface area contributed by atoms with Crippen LogP contribution in [0.1, 0.15) is 64.5 Å². The molecule has 0 saturated carbocycles. The van der Waals surface area contributed by atoms with Crippen molar-refractivity contribution < 1.29 is 34.4 Å². The topological polar surface area (TPSA) is 63.3 Å². The Bertz CT molecular complexity index is 1470. The van der Waals surface area contributed by atoms with Crippen molar-refractivity contribution in [3.8, 4) is 11.3 Å². The number of furan rings is 1. The molecule has 0 aliphatic rings. The van der Waals surface area contributed by atoms with Crippen molar-refractivity contribution in [1.29, 1.82) is 0 Å². The monoisotopic (exact) mass is 795 g/mol. The van der Waals surface area contributed by atoms with E-state index in [4.69, 9.17) is 4.42 Å². The van der Waals surface area contributed by atoms with Gasteiger partial charge in [0.1, 0.15) is 0 Å². The molecule has 0 unspecified atom stereocenters. The van der Waals surface area contributed by atoms with Gasteiger partial charge in [-0.1, -0.05) is 27.7 Å². The van der Waals surface area contributed by atoms with Crippen LogP contribution in [0, 0.1) is 31.7 Å². The van der Waals surface area contributed by atoms with E-state index in [1.54, 1.807) is 0 Å². The predicted octanol–water partition coefficient (Wildman–Crippen LogP) is 9.48. The molecule has 0 aliphatic heterocycles. The first kappa shape index (κ1) is 35.0. The molecule has 0 fully saturated rings. The number of aromatic nitrogens is 1. The van der Waals surface area contributed by atoms with Crippen molar-refractivity contribution in [2.75, 3.05) is 0 Å². The molecule has 4 rings (SSSR count). The molecule has 0 aliphatic carbocycles. The number of aliphatic hydroxyl groups is 1. The first-order chi connectivity index (χ1) is 18.9. The third-order valence-corrected chi connectivity index (χ3v) is 12.0. The van der Waals surface area contributed by atoms with E-state index in [1.165, 1.54) is 21.4 Å². The largest absolute Gasteiger partial charge is 0 e. The van der Waals surface area contributed by atoms with E-state index in [2.05, 4.69) is 72.5 Å². The average molecular weight is 794 g/mol. The van der Waals surface area contributed by atoms with Gasteiger partial charge in [-0.05, 0) is 25.7 Å². The fraction of sp³-hybridized carbons (Fsp3) is 0.429. The summed E-state index contributed by atoms with van der Waals surface area (Å²) in [4.78, 5) is 16.3. The summed E-state index contributed by atoms with van der Waals surface area (Å²) in [7, 11) is 0. The molecule has 0 atom stereocenters. The number of rotatable bonds is 9. The number of nitrogens with zero attached hydrogens (tertiary/aromatic N) is 1. The summed E-state index contributed by atoms with van der Waals surface area (Å²) >= 11 is -1.89. The molecule has 1 radical (unpaired) electrons. The number of hydrogen-bond donors (Lipinski definition) is 1. The zero-order valence-electron chi connectivity index (χ0n) is 26.1. The number of aliphatic hydroxyl groups excluding tert-OH is 1. The summed E-state index contributed by atoms with van der Waals surface area (Å²) in [6.45, 7) is 12.2. The number of fused-ring (bicyclic) bond motifs is 3. The molecule has 2 heterocycles. The van der Waals surface area contributed by atoms with Crippen molar-refractivity contribution >= 4 is 45.4 Å². The summed E-state index contributed by atoms with van der Waals surface area (Å²) in [5, 5.41) is 12.1. The quantitative estimate of drug-likeness (QED) is 0.0795. The second kappa shape index (κ2) is 15.3. The SMILES string of the molecule is CCC(CC)C(=O)/C=C(\O)C(CC)CC.Cc1[c-]c(-c2nccc3c2oc2c[c]([Ge]([CH3])([CH3])[CH3])ccc23)cc(C)c1.[Ir]. The Labute approximate surface area is 262 Å². The maximum absolute atomic E-state index is 11.7. The molecule has 0 amide bonds. The fourth-order valence-electron chi connectivity index (χ4n) is 5.16. The maximum Gasteiger partial charge on any atom is 0 e. The van der Waals surface area contributed by atoms with E-state index < -0.39 is 13.3 Å². The number of allylic oxidation sites excluding steroid dienone is 2. The Balaban J connectivity index is 0.000000320. The Morgan fingerprint density at radius 2 is 1.59 bits per heavy atom. The molecular formula is C35H46GeIrNO3-. The summed E-state index contributed by atoms with van der Waals surface area (Å²) < 4.78 is 7.76. The Morgan fingerprint density at radius 1 is 0.951 bits per heavy atom. The Morgan fingerprint density at radius 3 is 2.15 bits per heavy atom. The van der Waals surface area contributed by atoms with Crippen LogP contribution in [0.5, 0.6) is 0 Å². The molecule has 4 nitrogen and oxygen atoms in total. The summed E-state index contributed by atoms with van der Waals surface area (Å²) in [5.41, 5.74) is 6.02. The maximum atomic E-state index is 11.7. The second-order valence-corrected chi connectivity index (χ2v) is 22.5. The van der Waals surface area contributed by atoms with Crippen LogP contribution in [0.15, 0.2) is 58.8 Å². The minimum Gasteiger partial charge on any atom is 0 e. The van der Waals surface area contributed by atoms with E-state index in [1.807, 2.05) is 40.0 Å². The van der Waals surface area contributed by atoms with Gasteiger partial charge in [0, 0.05) is 38.0 Å². The summed E-state index contributed by atoms with van der Waals surface area (Å²) in [6.07, 6.45) is 6.77. The van der Waals surface area contributed by atoms with Crippen molar-refractivity contribution in [1.82, 2.24) is 4.98 Å². The normalized spacial score (nSPS) is 12.0. The molecule has 223 valence electrons. The van der Waals surface area contributed by atoms with Gasteiger partial charge in [0.05, 0.1) is 5.76 Å². The van der Waals surface area contributed by atoms with E-state index >= 15 is 0 Å². The van der Waals surface area contributed by atoms with E-state index in [9.17, 15) is 9.90 Å². The van der Waals surface area contributed by atoms with Crippen LogP contribution in [-0.4, -0.2) is 29.1 Å². The number of hydrogen-bond acceptors (Lipinski definition) is 4. The third kappa shape index (κ3) is 8.65. The van der Waals surface area contributed by atoms with E-state index in [0.717, 1.165) is 59.1 Å². The molecular weight excluding hydrogens is 747 g/mol. The number of benzene rings is 2. The van der Waals surface area contributed by atoms with E-state index in [-0.39, 0.29) is 43.5 Å². The van der Waals surface area contributed by atoms with Crippen molar-refractivity contribution in [2.24, 2.45) is 11.8 Å². The molecule has 0 bridgehead atoms. The van der Waals surface area contributed by atoms with Gasteiger partial charge in [0.15, 0.2) is 5.78 Å². The van der Waals surface area contributed by atoms with Crippen molar-refractivity contribution in [3.05, 3.63) is 71.6 Å². The third-order valence-electron chi connectivity index (χ3n) is 7.74. The number of pyridine rings is 1. The molecule has 2 aromatic carbocycles. The van der Waals surface area contributed by atoms with Crippen LogP contribution in [0.4, 0.5) is 0 Å². The van der Waals surface area contributed by atoms with Crippen LogP contribution in [-0.2, 0) is 24.9 Å². The van der Waals surface area contributed by atoms with Gasteiger partial charge in [0.25, 0.3) is 0 Å². The number of carbonyl (C=O) groups is 1. The van der Waals surface area contributed by atoms with Gasteiger partial charge in [-0.2, -0.15) is 0 Å².